The van der Waals surface area contributed by atoms with E-state index in [0.717, 1.165) is 11.3 Å². The van der Waals surface area contributed by atoms with Crippen molar-refractivity contribution in [2.75, 3.05) is 12.4 Å². The highest BCUT2D eigenvalue weighted by molar-refractivity contribution is 7.14. The SMILES string of the molecule is CCC(NC(=O)c1csc(NC(=O)c2ccc(OC)cc2)n1)C(=O)O. The largest absolute Gasteiger partial charge is 0.497 e. The molecule has 0 spiro atoms. The lowest BCUT2D eigenvalue weighted by molar-refractivity contribution is -0.139. The van der Waals surface area contributed by atoms with Gasteiger partial charge in [0.15, 0.2) is 5.13 Å². The van der Waals surface area contributed by atoms with Crippen LogP contribution in [-0.4, -0.2) is 41.0 Å². The molecule has 2 rings (SSSR count). The van der Waals surface area contributed by atoms with E-state index in [2.05, 4.69) is 15.6 Å². The maximum Gasteiger partial charge on any atom is 0.326 e. The number of nitrogens with one attached hydrogen (secondary N) is 2. The van der Waals surface area contributed by atoms with Crippen molar-refractivity contribution in [1.29, 1.82) is 0 Å². The highest BCUT2D eigenvalue weighted by Gasteiger charge is 2.20. The topological polar surface area (TPSA) is 118 Å². The predicted molar refractivity (Wildman–Crippen MR) is 92.2 cm³/mol. The Balaban J connectivity index is 2.01. The van der Waals surface area contributed by atoms with Gasteiger partial charge < -0.3 is 15.2 Å². The molecule has 0 saturated carbocycles. The number of benzene rings is 1. The Morgan fingerprint density at radius 3 is 2.48 bits per heavy atom. The first kappa shape index (κ1) is 18.4. The first-order chi connectivity index (χ1) is 11.9. The molecule has 9 heteroatoms. The molecule has 8 nitrogen and oxygen atoms in total. The fraction of sp³-hybridized carbons (Fsp3) is 0.250. The molecule has 2 aromatic rings. The van der Waals surface area contributed by atoms with Gasteiger partial charge in [0.1, 0.15) is 17.5 Å². The van der Waals surface area contributed by atoms with Gasteiger partial charge in [0.25, 0.3) is 11.8 Å². The van der Waals surface area contributed by atoms with Crippen LogP contribution in [0.1, 0.15) is 34.2 Å². The van der Waals surface area contributed by atoms with Crippen LogP contribution in [0.15, 0.2) is 29.6 Å². The van der Waals surface area contributed by atoms with Crippen LogP contribution >= 0.6 is 11.3 Å². The Hall–Kier alpha value is -2.94. The van der Waals surface area contributed by atoms with Crippen molar-refractivity contribution >= 4 is 34.3 Å². The van der Waals surface area contributed by atoms with Gasteiger partial charge in [0, 0.05) is 10.9 Å². The summed E-state index contributed by atoms with van der Waals surface area (Å²) in [5.74, 6) is -1.45. The molecule has 0 bridgehead atoms. The summed E-state index contributed by atoms with van der Waals surface area (Å²) >= 11 is 1.08. The fourth-order valence-electron chi connectivity index (χ4n) is 1.92. The molecule has 0 fully saturated rings. The van der Waals surface area contributed by atoms with E-state index in [1.807, 2.05) is 0 Å². The molecule has 1 atom stereocenters. The number of anilines is 1. The third kappa shape index (κ3) is 4.77. The summed E-state index contributed by atoms with van der Waals surface area (Å²) < 4.78 is 5.03. The molecular formula is C16H17N3O5S. The van der Waals surface area contributed by atoms with Crippen LogP contribution in [0, 0.1) is 0 Å². The number of thiazole rings is 1. The molecule has 0 saturated heterocycles. The van der Waals surface area contributed by atoms with E-state index in [-0.39, 0.29) is 23.2 Å². The van der Waals surface area contributed by atoms with Gasteiger partial charge in [0.2, 0.25) is 0 Å². The molecule has 1 unspecified atom stereocenters. The maximum absolute atomic E-state index is 12.1. The van der Waals surface area contributed by atoms with Crippen molar-refractivity contribution < 1.29 is 24.2 Å². The Morgan fingerprint density at radius 1 is 1.24 bits per heavy atom. The number of carbonyl (C=O) groups excluding carboxylic acids is 2. The average molecular weight is 363 g/mol. The lowest BCUT2D eigenvalue weighted by Gasteiger charge is -2.10. The minimum Gasteiger partial charge on any atom is -0.497 e. The van der Waals surface area contributed by atoms with Gasteiger partial charge in [-0.05, 0) is 30.7 Å². The van der Waals surface area contributed by atoms with Gasteiger partial charge in [-0.2, -0.15) is 0 Å². The number of aliphatic carboxylic acids is 1. The molecule has 1 aromatic heterocycles. The van der Waals surface area contributed by atoms with Gasteiger partial charge >= 0.3 is 5.97 Å². The van der Waals surface area contributed by atoms with E-state index in [0.29, 0.717) is 11.3 Å². The number of methoxy groups -OCH3 is 1. The van der Waals surface area contributed by atoms with Crippen LogP contribution in [-0.2, 0) is 4.79 Å². The molecule has 132 valence electrons. The van der Waals surface area contributed by atoms with E-state index >= 15 is 0 Å². The first-order valence-electron chi connectivity index (χ1n) is 7.39. The van der Waals surface area contributed by atoms with Crippen LogP contribution < -0.4 is 15.4 Å². The first-order valence-corrected chi connectivity index (χ1v) is 8.27. The summed E-state index contributed by atoms with van der Waals surface area (Å²) in [6, 6.07) is 5.55. The molecule has 0 aliphatic carbocycles. The number of nitrogens with zero attached hydrogens (tertiary/aromatic N) is 1. The smallest absolute Gasteiger partial charge is 0.326 e. The highest BCUT2D eigenvalue weighted by atomic mass is 32.1. The monoisotopic (exact) mass is 363 g/mol. The number of carbonyl (C=O) groups is 3. The lowest BCUT2D eigenvalue weighted by atomic mass is 10.2. The number of aromatic nitrogens is 1. The fourth-order valence-corrected chi connectivity index (χ4v) is 2.60. The van der Waals surface area contributed by atoms with E-state index in [1.54, 1.807) is 31.2 Å². The molecule has 1 aromatic carbocycles. The number of rotatable bonds is 7. The number of ether oxygens (including phenoxy) is 1. The van der Waals surface area contributed by atoms with Gasteiger partial charge in [-0.25, -0.2) is 9.78 Å². The quantitative estimate of drug-likeness (QED) is 0.692. The van der Waals surface area contributed by atoms with Gasteiger partial charge in [-0.3, -0.25) is 14.9 Å². The summed E-state index contributed by atoms with van der Waals surface area (Å²) in [6.07, 6.45) is 0.256. The normalized spacial score (nSPS) is 11.4. The number of hydrogen-bond acceptors (Lipinski definition) is 6. The molecule has 2 amide bonds. The summed E-state index contributed by atoms with van der Waals surface area (Å²) in [7, 11) is 1.53. The number of carboxylic acid groups (broad SMARTS) is 1. The highest BCUT2D eigenvalue weighted by Crippen LogP contribution is 2.18. The number of amides is 2. The molecular weight excluding hydrogens is 346 g/mol. The van der Waals surface area contributed by atoms with Crippen molar-refractivity contribution in [3.05, 3.63) is 40.9 Å². The third-order valence-corrected chi connectivity index (χ3v) is 4.08. The van der Waals surface area contributed by atoms with E-state index in [4.69, 9.17) is 9.84 Å². The summed E-state index contributed by atoms with van der Waals surface area (Å²) in [5.41, 5.74) is 0.466. The summed E-state index contributed by atoms with van der Waals surface area (Å²) in [5, 5.41) is 15.6. The number of carboxylic acids is 1. The molecule has 25 heavy (non-hydrogen) atoms. The van der Waals surface area contributed by atoms with Crippen molar-refractivity contribution in [2.45, 2.75) is 19.4 Å². The number of hydrogen-bond donors (Lipinski definition) is 3. The Kier molecular flexibility index (Phi) is 6.07. The Bertz CT molecular complexity index is 772. The van der Waals surface area contributed by atoms with Crippen molar-refractivity contribution in [3.63, 3.8) is 0 Å². The molecule has 0 aliphatic heterocycles. The van der Waals surface area contributed by atoms with Crippen LogP contribution in [0.4, 0.5) is 5.13 Å². The minimum absolute atomic E-state index is 0.0507. The minimum atomic E-state index is -1.11. The standard InChI is InChI=1S/C16H17N3O5S/c1-3-11(15(22)23)17-14(21)12-8-25-16(18-12)19-13(20)9-4-6-10(24-2)7-5-9/h4-8,11H,3H2,1-2H3,(H,17,21)(H,22,23)(H,18,19,20). The third-order valence-electron chi connectivity index (χ3n) is 3.32. The van der Waals surface area contributed by atoms with Crippen molar-refractivity contribution in [1.82, 2.24) is 10.3 Å². The maximum atomic E-state index is 12.1. The molecule has 3 N–H and O–H groups in total. The average Bonchev–Trinajstić information content (AvgIpc) is 3.07. The second-order valence-electron chi connectivity index (χ2n) is 4.99. The second kappa shape index (κ2) is 8.25. The Labute approximate surface area is 147 Å². The van der Waals surface area contributed by atoms with Crippen molar-refractivity contribution in [2.24, 2.45) is 0 Å². The zero-order valence-corrected chi connectivity index (χ0v) is 14.4. The molecule has 1 heterocycles. The lowest BCUT2D eigenvalue weighted by Crippen LogP contribution is -2.40. The zero-order chi connectivity index (χ0) is 18.4. The summed E-state index contributed by atoms with van der Waals surface area (Å²) in [6.45, 7) is 1.65. The zero-order valence-electron chi connectivity index (χ0n) is 13.6. The van der Waals surface area contributed by atoms with Crippen LogP contribution in [0.2, 0.25) is 0 Å². The Morgan fingerprint density at radius 2 is 1.92 bits per heavy atom. The van der Waals surface area contributed by atoms with E-state index in [9.17, 15) is 14.4 Å². The van der Waals surface area contributed by atoms with Crippen LogP contribution in [0.3, 0.4) is 0 Å². The summed E-state index contributed by atoms with van der Waals surface area (Å²) in [4.78, 5) is 39.1. The van der Waals surface area contributed by atoms with Crippen molar-refractivity contribution in [3.8, 4) is 5.75 Å². The van der Waals surface area contributed by atoms with Crippen LogP contribution in [0.5, 0.6) is 5.75 Å². The molecule has 0 aliphatic rings. The second-order valence-corrected chi connectivity index (χ2v) is 5.85. The van der Waals surface area contributed by atoms with E-state index < -0.39 is 17.9 Å². The molecule has 0 radical (unpaired) electrons. The van der Waals surface area contributed by atoms with Crippen LogP contribution in [0.25, 0.3) is 0 Å². The van der Waals surface area contributed by atoms with Gasteiger partial charge in [-0.15, -0.1) is 11.3 Å². The predicted octanol–water partition coefficient (Wildman–Crippen LogP) is 2.00. The van der Waals surface area contributed by atoms with Gasteiger partial charge in [-0.1, -0.05) is 6.92 Å². The van der Waals surface area contributed by atoms with Gasteiger partial charge in [0.05, 0.1) is 7.11 Å². The van der Waals surface area contributed by atoms with E-state index in [1.165, 1.54) is 12.5 Å².